The minimum absolute atomic E-state index is 0.0801. The fourth-order valence-corrected chi connectivity index (χ4v) is 1.06. The Hall–Kier alpha value is -1.43. The molecular formula is C10H9F2N. The summed E-state index contributed by atoms with van der Waals surface area (Å²) in [4.78, 5) is 2.71. The highest BCUT2D eigenvalue weighted by atomic mass is 19.3. The smallest absolute Gasteiger partial charge is 0.310 e. The molecule has 1 aromatic rings. The molecule has 0 bridgehead atoms. The van der Waals surface area contributed by atoms with Crippen molar-refractivity contribution in [1.29, 1.82) is 0 Å². The van der Waals surface area contributed by atoms with E-state index < -0.39 is 12.5 Å². The van der Waals surface area contributed by atoms with Crippen molar-refractivity contribution in [2.75, 3.05) is 6.54 Å². The Morgan fingerprint density at radius 3 is 2.69 bits per heavy atom. The van der Waals surface area contributed by atoms with E-state index in [-0.39, 0.29) is 5.56 Å². The van der Waals surface area contributed by atoms with Gasteiger partial charge in [0.2, 0.25) is 0 Å². The predicted octanol–water partition coefficient (Wildman–Crippen LogP) is 3.01. The summed E-state index contributed by atoms with van der Waals surface area (Å²) in [7, 11) is 0. The summed E-state index contributed by atoms with van der Waals surface area (Å²) in [5.41, 5.74) is 0.700. The molecule has 1 aromatic carbocycles. The van der Waals surface area contributed by atoms with E-state index in [9.17, 15) is 8.78 Å². The summed E-state index contributed by atoms with van der Waals surface area (Å²) in [6, 6.07) is 6.07. The van der Waals surface area contributed by atoms with Crippen molar-refractivity contribution in [3.05, 3.63) is 46.8 Å². The van der Waals surface area contributed by atoms with Crippen LogP contribution in [0.15, 0.2) is 24.3 Å². The van der Waals surface area contributed by atoms with Gasteiger partial charge in [0.25, 0.3) is 6.54 Å². The van der Waals surface area contributed by atoms with Crippen molar-refractivity contribution in [3.63, 3.8) is 0 Å². The first-order valence-electron chi connectivity index (χ1n) is 3.84. The number of hydrogen-bond donors (Lipinski definition) is 0. The van der Waals surface area contributed by atoms with Crippen LogP contribution in [0.2, 0.25) is 0 Å². The monoisotopic (exact) mass is 181 g/mol. The van der Waals surface area contributed by atoms with E-state index in [1.165, 1.54) is 12.1 Å². The Morgan fingerprint density at radius 2 is 2.15 bits per heavy atom. The number of benzene rings is 1. The van der Waals surface area contributed by atoms with Crippen LogP contribution in [0.25, 0.3) is 4.85 Å². The Morgan fingerprint density at radius 1 is 1.46 bits per heavy atom. The lowest BCUT2D eigenvalue weighted by molar-refractivity contribution is 0.0141. The van der Waals surface area contributed by atoms with Crippen LogP contribution in [0.3, 0.4) is 0 Å². The van der Waals surface area contributed by atoms with Gasteiger partial charge in [-0.15, -0.1) is 0 Å². The predicted molar refractivity (Wildman–Crippen MR) is 46.5 cm³/mol. The summed E-state index contributed by atoms with van der Waals surface area (Å²) in [5.74, 6) is -3.02. The number of hydrogen-bond acceptors (Lipinski definition) is 0. The minimum atomic E-state index is -3.02. The zero-order valence-corrected chi connectivity index (χ0v) is 7.22. The van der Waals surface area contributed by atoms with E-state index in [1.54, 1.807) is 19.1 Å². The third-order valence-corrected chi connectivity index (χ3v) is 1.72. The molecule has 1 nitrogen and oxygen atoms in total. The average molecular weight is 181 g/mol. The standard InChI is InChI=1S/C10H9F2N/c1-8-4-3-5-9(6-8)10(11,12)7-13-2/h3-6H,7H2,1H3. The molecule has 0 amide bonds. The quantitative estimate of drug-likeness (QED) is 0.618. The molecule has 0 aromatic heterocycles. The molecule has 0 atom stereocenters. The lowest BCUT2D eigenvalue weighted by Gasteiger charge is -2.10. The summed E-state index contributed by atoms with van der Waals surface area (Å²) in [6.45, 7) is 7.37. The van der Waals surface area contributed by atoms with Crippen LogP contribution in [0.4, 0.5) is 8.78 Å². The topological polar surface area (TPSA) is 4.36 Å². The van der Waals surface area contributed by atoms with E-state index in [1.807, 2.05) is 0 Å². The van der Waals surface area contributed by atoms with Crippen LogP contribution >= 0.6 is 0 Å². The van der Waals surface area contributed by atoms with E-state index in [0.29, 0.717) is 0 Å². The van der Waals surface area contributed by atoms with Crippen molar-refractivity contribution >= 4 is 0 Å². The number of halogens is 2. The van der Waals surface area contributed by atoms with Crippen molar-refractivity contribution in [1.82, 2.24) is 0 Å². The summed E-state index contributed by atoms with van der Waals surface area (Å²) in [6.07, 6.45) is 0. The van der Waals surface area contributed by atoms with E-state index in [0.717, 1.165) is 5.56 Å². The molecule has 13 heavy (non-hydrogen) atoms. The van der Waals surface area contributed by atoms with Gasteiger partial charge >= 0.3 is 5.92 Å². The summed E-state index contributed by atoms with van der Waals surface area (Å²) in [5, 5.41) is 0. The zero-order valence-electron chi connectivity index (χ0n) is 7.22. The molecular weight excluding hydrogens is 172 g/mol. The van der Waals surface area contributed by atoms with Crippen molar-refractivity contribution in [3.8, 4) is 0 Å². The molecule has 0 unspecified atom stereocenters. The van der Waals surface area contributed by atoms with Crippen molar-refractivity contribution in [2.24, 2.45) is 0 Å². The highest BCUT2D eigenvalue weighted by Crippen LogP contribution is 2.28. The average Bonchev–Trinajstić information content (AvgIpc) is 2.04. The molecule has 0 fully saturated rings. The fourth-order valence-electron chi connectivity index (χ4n) is 1.06. The van der Waals surface area contributed by atoms with Crippen molar-refractivity contribution < 1.29 is 8.78 Å². The Kier molecular flexibility index (Phi) is 2.62. The number of nitrogens with zero attached hydrogens (tertiary/aromatic N) is 1. The molecule has 3 heteroatoms. The molecule has 0 heterocycles. The van der Waals surface area contributed by atoms with Gasteiger partial charge < -0.3 is 4.85 Å². The van der Waals surface area contributed by atoms with E-state index in [2.05, 4.69) is 4.85 Å². The Balaban J connectivity index is 3.01. The van der Waals surface area contributed by atoms with Gasteiger partial charge in [-0.2, -0.15) is 8.78 Å². The second-order valence-corrected chi connectivity index (χ2v) is 2.89. The van der Waals surface area contributed by atoms with Gasteiger partial charge in [0, 0.05) is 5.56 Å². The maximum absolute atomic E-state index is 13.1. The maximum Gasteiger partial charge on any atom is 0.343 e. The highest BCUT2D eigenvalue weighted by molar-refractivity contribution is 5.26. The van der Waals surface area contributed by atoms with Gasteiger partial charge in [-0.1, -0.05) is 23.8 Å². The molecule has 0 radical (unpaired) electrons. The first kappa shape index (κ1) is 9.66. The number of rotatable bonds is 2. The third-order valence-electron chi connectivity index (χ3n) is 1.72. The summed E-state index contributed by atoms with van der Waals surface area (Å²) >= 11 is 0. The summed E-state index contributed by atoms with van der Waals surface area (Å²) < 4.78 is 26.2. The van der Waals surface area contributed by atoms with Crippen LogP contribution in [-0.4, -0.2) is 6.54 Å². The van der Waals surface area contributed by atoms with Gasteiger partial charge in [-0.3, -0.25) is 0 Å². The van der Waals surface area contributed by atoms with Gasteiger partial charge in [0.05, 0.1) is 0 Å². The van der Waals surface area contributed by atoms with E-state index in [4.69, 9.17) is 6.57 Å². The number of alkyl halides is 2. The lowest BCUT2D eigenvalue weighted by atomic mass is 10.1. The van der Waals surface area contributed by atoms with Gasteiger partial charge in [-0.05, 0) is 13.0 Å². The molecule has 0 spiro atoms. The maximum atomic E-state index is 13.1. The van der Waals surface area contributed by atoms with Gasteiger partial charge in [0.1, 0.15) is 0 Å². The molecule has 0 saturated heterocycles. The molecule has 68 valence electrons. The molecule has 0 N–H and O–H groups in total. The Bertz CT molecular complexity index is 339. The molecule has 0 aliphatic heterocycles. The van der Waals surface area contributed by atoms with Crippen LogP contribution < -0.4 is 0 Å². The van der Waals surface area contributed by atoms with Crippen LogP contribution in [0, 0.1) is 13.5 Å². The van der Waals surface area contributed by atoms with Gasteiger partial charge in [0.15, 0.2) is 0 Å². The van der Waals surface area contributed by atoms with Crippen LogP contribution in [0.5, 0.6) is 0 Å². The SMILES string of the molecule is [C-]#[N+]CC(F)(F)c1cccc(C)c1. The fraction of sp³-hybridized carbons (Fsp3) is 0.300. The van der Waals surface area contributed by atoms with Gasteiger partial charge in [-0.25, -0.2) is 6.57 Å². The second-order valence-electron chi connectivity index (χ2n) is 2.89. The first-order valence-corrected chi connectivity index (χ1v) is 3.84. The second kappa shape index (κ2) is 3.53. The number of aryl methyl sites for hydroxylation is 1. The molecule has 0 aliphatic rings. The van der Waals surface area contributed by atoms with Crippen molar-refractivity contribution in [2.45, 2.75) is 12.8 Å². The normalized spacial score (nSPS) is 10.9. The largest absolute Gasteiger partial charge is 0.343 e. The third kappa shape index (κ3) is 2.25. The molecule has 0 aliphatic carbocycles. The van der Waals surface area contributed by atoms with E-state index >= 15 is 0 Å². The molecule has 0 saturated carbocycles. The lowest BCUT2D eigenvalue weighted by Crippen LogP contribution is -2.16. The first-order chi connectivity index (χ1) is 6.06. The Labute approximate surface area is 75.8 Å². The van der Waals surface area contributed by atoms with Crippen LogP contribution in [-0.2, 0) is 5.92 Å². The van der Waals surface area contributed by atoms with Crippen LogP contribution in [0.1, 0.15) is 11.1 Å². The highest BCUT2D eigenvalue weighted by Gasteiger charge is 2.35. The minimum Gasteiger partial charge on any atom is -0.310 e. The molecule has 1 rings (SSSR count). The zero-order chi connectivity index (χ0) is 9.90.